The Morgan fingerprint density at radius 1 is 1.08 bits per heavy atom. The lowest BCUT2D eigenvalue weighted by molar-refractivity contribution is 0.181. The normalized spacial score (nSPS) is 16.6. The molecule has 0 aliphatic carbocycles. The van der Waals surface area contributed by atoms with Crippen LogP contribution in [0.25, 0.3) is 0 Å². The summed E-state index contributed by atoms with van der Waals surface area (Å²) in [6.45, 7) is 2.85. The van der Waals surface area contributed by atoms with E-state index in [4.69, 9.17) is 5.26 Å². The molecular formula is C16H17N5O2S. The molecule has 0 spiro atoms. The van der Waals surface area contributed by atoms with Crippen molar-refractivity contribution < 1.29 is 8.42 Å². The largest absolute Gasteiger partial charge is 0.296 e. The van der Waals surface area contributed by atoms with E-state index in [1.807, 2.05) is 18.2 Å². The zero-order chi connectivity index (χ0) is 17.0. The summed E-state index contributed by atoms with van der Waals surface area (Å²) < 4.78 is 26.9. The van der Waals surface area contributed by atoms with Crippen LogP contribution in [-0.4, -0.2) is 53.8 Å². The molecule has 3 heterocycles. The van der Waals surface area contributed by atoms with E-state index in [1.165, 1.54) is 22.6 Å². The number of sulfonamides is 1. The SMILES string of the molecule is N#Cc1ncccc1S(=O)(=O)N1CCN(Cc2ccncc2)CC1. The minimum atomic E-state index is -3.69. The zero-order valence-corrected chi connectivity index (χ0v) is 13.9. The van der Waals surface area contributed by atoms with E-state index in [-0.39, 0.29) is 10.6 Å². The second-order valence-electron chi connectivity index (χ2n) is 5.50. The Hall–Kier alpha value is -2.34. The molecule has 3 rings (SSSR count). The van der Waals surface area contributed by atoms with Crippen LogP contribution < -0.4 is 0 Å². The molecule has 0 saturated carbocycles. The highest BCUT2D eigenvalue weighted by molar-refractivity contribution is 7.89. The lowest BCUT2D eigenvalue weighted by Gasteiger charge is -2.34. The summed E-state index contributed by atoms with van der Waals surface area (Å²) in [6, 6.07) is 8.73. The molecule has 7 nitrogen and oxygen atoms in total. The van der Waals surface area contributed by atoms with Crippen molar-refractivity contribution in [2.24, 2.45) is 0 Å². The first-order chi connectivity index (χ1) is 11.6. The van der Waals surface area contributed by atoms with Gasteiger partial charge in [0.2, 0.25) is 10.0 Å². The van der Waals surface area contributed by atoms with Gasteiger partial charge in [-0.3, -0.25) is 9.88 Å². The second kappa shape index (κ2) is 7.05. The molecule has 1 aliphatic heterocycles. The highest BCUT2D eigenvalue weighted by Gasteiger charge is 2.30. The average molecular weight is 343 g/mol. The molecule has 0 radical (unpaired) electrons. The molecule has 124 valence electrons. The lowest BCUT2D eigenvalue weighted by Crippen LogP contribution is -2.48. The predicted octanol–water partition coefficient (Wildman–Crippen LogP) is 0.855. The molecular weight excluding hydrogens is 326 g/mol. The summed E-state index contributed by atoms with van der Waals surface area (Å²) in [6.07, 6.45) is 4.92. The molecule has 0 N–H and O–H groups in total. The molecule has 0 unspecified atom stereocenters. The molecule has 1 fully saturated rings. The molecule has 8 heteroatoms. The van der Waals surface area contributed by atoms with Gasteiger partial charge in [-0.1, -0.05) is 0 Å². The third-order valence-corrected chi connectivity index (χ3v) is 5.91. The van der Waals surface area contributed by atoms with Gasteiger partial charge in [-0.15, -0.1) is 0 Å². The summed E-state index contributed by atoms with van der Waals surface area (Å²) in [4.78, 5) is 10.0. The maximum Gasteiger partial charge on any atom is 0.246 e. The molecule has 0 atom stereocenters. The van der Waals surface area contributed by atoms with Crippen molar-refractivity contribution in [2.75, 3.05) is 26.2 Å². The van der Waals surface area contributed by atoms with Crippen LogP contribution in [0.2, 0.25) is 0 Å². The number of pyridine rings is 2. The van der Waals surface area contributed by atoms with Gasteiger partial charge in [0.05, 0.1) is 0 Å². The Bertz CT molecular complexity index is 840. The number of rotatable bonds is 4. The van der Waals surface area contributed by atoms with Gasteiger partial charge in [0.15, 0.2) is 5.69 Å². The Morgan fingerprint density at radius 3 is 2.46 bits per heavy atom. The number of piperazine rings is 1. The van der Waals surface area contributed by atoms with E-state index in [0.717, 1.165) is 12.1 Å². The lowest BCUT2D eigenvalue weighted by atomic mass is 10.2. The number of hydrogen-bond donors (Lipinski definition) is 0. The fourth-order valence-electron chi connectivity index (χ4n) is 2.70. The fourth-order valence-corrected chi connectivity index (χ4v) is 4.21. The van der Waals surface area contributed by atoms with Crippen LogP contribution in [0.15, 0.2) is 47.8 Å². The third kappa shape index (κ3) is 3.43. The van der Waals surface area contributed by atoms with Crippen molar-refractivity contribution in [3.8, 4) is 6.07 Å². The smallest absolute Gasteiger partial charge is 0.246 e. The van der Waals surface area contributed by atoms with Crippen LogP contribution in [0.4, 0.5) is 0 Å². The minimum absolute atomic E-state index is 0.0184. The van der Waals surface area contributed by atoms with Crippen LogP contribution in [0.5, 0.6) is 0 Å². The van der Waals surface area contributed by atoms with Crippen molar-refractivity contribution in [3.63, 3.8) is 0 Å². The van der Waals surface area contributed by atoms with E-state index >= 15 is 0 Å². The molecule has 0 aromatic carbocycles. The summed E-state index contributed by atoms with van der Waals surface area (Å²) in [5.41, 5.74) is 1.09. The van der Waals surface area contributed by atoms with Crippen LogP contribution in [0, 0.1) is 11.3 Å². The molecule has 2 aromatic heterocycles. The first-order valence-corrected chi connectivity index (χ1v) is 9.02. The van der Waals surface area contributed by atoms with E-state index in [2.05, 4.69) is 14.9 Å². The average Bonchev–Trinajstić information content (AvgIpc) is 2.63. The molecule has 24 heavy (non-hydrogen) atoms. The molecule has 1 aliphatic rings. The molecule has 2 aromatic rings. The number of nitrogens with zero attached hydrogens (tertiary/aromatic N) is 5. The van der Waals surface area contributed by atoms with Crippen molar-refractivity contribution in [1.82, 2.24) is 19.2 Å². The van der Waals surface area contributed by atoms with Gasteiger partial charge in [-0.25, -0.2) is 13.4 Å². The Labute approximate surface area is 141 Å². The summed E-state index contributed by atoms with van der Waals surface area (Å²) in [5.74, 6) is 0. The number of nitriles is 1. The molecule has 1 saturated heterocycles. The monoisotopic (exact) mass is 343 g/mol. The predicted molar refractivity (Wildman–Crippen MR) is 87.2 cm³/mol. The highest BCUT2D eigenvalue weighted by Crippen LogP contribution is 2.20. The van der Waals surface area contributed by atoms with E-state index in [0.29, 0.717) is 26.2 Å². The van der Waals surface area contributed by atoms with Gasteiger partial charge < -0.3 is 0 Å². The Morgan fingerprint density at radius 2 is 1.79 bits per heavy atom. The molecule has 0 bridgehead atoms. The zero-order valence-electron chi connectivity index (χ0n) is 13.0. The third-order valence-electron chi connectivity index (χ3n) is 3.98. The van der Waals surface area contributed by atoms with Gasteiger partial charge in [0.1, 0.15) is 11.0 Å². The molecule has 0 amide bonds. The van der Waals surface area contributed by atoms with Crippen LogP contribution in [-0.2, 0) is 16.6 Å². The summed E-state index contributed by atoms with van der Waals surface area (Å²) >= 11 is 0. The minimum Gasteiger partial charge on any atom is -0.296 e. The van der Waals surface area contributed by atoms with E-state index in [1.54, 1.807) is 12.4 Å². The first-order valence-electron chi connectivity index (χ1n) is 7.58. The van der Waals surface area contributed by atoms with E-state index in [9.17, 15) is 8.42 Å². The maximum absolute atomic E-state index is 12.7. The van der Waals surface area contributed by atoms with Gasteiger partial charge in [0, 0.05) is 51.3 Å². The second-order valence-corrected chi connectivity index (χ2v) is 7.40. The topological polar surface area (TPSA) is 90.2 Å². The maximum atomic E-state index is 12.7. The quantitative estimate of drug-likeness (QED) is 0.818. The standard InChI is InChI=1S/C16H17N5O2S/c17-12-15-16(2-1-5-19-15)24(22,23)21-10-8-20(9-11-21)13-14-3-6-18-7-4-14/h1-7H,8-11,13H2. The number of hydrogen-bond acceptors (Lipinski definition) is 6. The fraction of sp³-hybridized carbons (Fsp3) is 0.312. The van der Waals surface area contributed by atoms with Gasteiger partial charge >= 0.3 is 0 Å². The highest BCUT2D eigenvalue weighted by atomic mass is 32.2. The van der Waals surface area contributed by atoms with Crippen LogP contribution in [0.1, 0.15) is 11.3 Å². The van der Waals surface area contributed by atoms with Crippen molar-refractivity contribution in [2.45, 2.75) is 11.4 Å². The van der Waals surface area contributed by atoms with Gasteiger partial charge in [0.25, 0.3) is 0 Å². The van der Waals surface area contributed by atoms with Crippen molar-refractivity contribution >= 4 is 10.0 Å². The first kappa shape index (κ1) is 16.5. The summed E-state index contributed by atoms with van der Waals surface area (Å²) in [7, 11) is -3.69. The number of aromatic nitrogens is 2. The van der Waals surface area contributed by atoms with Gasteiger partial charge in [-0.05, 0) is 29.8 Å². The van der Waals surface area contributed by atoms with Crippen molar-refractivity contribution in [1.29, 1.82) is 5.26 Å². The van der Waals surface area contributed by atoms with E-state index < -0.39 is 10.0 Å². The van der Waals surface area contributed by atoms with Crippen molar-refractivity contribution in [3.05, 3.63) is 54.1 Å². The Balaban J connectivity index is 1.69. The Kier molecular flexibility index (Phi) is 4.85. The van der Waals surface area contributed by atoms with Crippen LogP contribution in [0.3, 0.4) is 0 Å². The summed E-state index contributed by atoms with van der Waals surface area (Å²) in [5, 5.41) is 9.08. The van der Waals surface area contributed by atoms with Gasteiger partial charge in [-0.2, -0.15) is 9.57 Å². The van der Waals surface area contributed by atoms with Crippen LogP contribution >= 0.6 is 0 Å².